The van der Waals surface area contributed by atoms with Gasteiger partial charge in [0.15, 0.2) is 5.78 Å². The molecule has 1 fully saturated rings. The maximum absolute atomic E-state index is 12.9. The number of allylic oxidation sites excluding steroid dienone is 2. The van der Waals surface area contributed by atoms with E-state index in [9.17, 15) is 31.1 Å². The third-order valence-corrected chi connectivity index (χ3v) is 4.88. The van der Waals surface area contributed by atoms with E-state index in [1.54, 1.807) is 12.2 Å². The van der Waals surface area contributed by atoms with Gasteiger partial charge in [0, 0.05) is 11.1 Å². The molecule has 0 radical (unpaired) electrons. The third kappa shape index (κ3) is 5.40. The molecule has 0 N–H and O–H groups in total. The van der Waals surface area contributed by atoms with Crippen molar-refractivity contribution in [3.8, 4) is 0 Å². The average molecular weight is 424 g/mol. The number of Topliss-reactive ketones (excluding diaryl/α,β-unsaturated/α-hetero) is 1. The van der Waals surface area contributed by atoms with Crippen LogP contribution in [0, 0.1) is 0 Å². The monoisotopic (exact) mass is 424 g/mol. The Morgan fingerprint density at radius 2 is 0.933 bits per heavy atom. The first kappa shape index (κ1) is 21.9. The molecule has 0 aromatic heterocycles. The molecule has 0 unspecified atom stereocenters. The smallest absolute Gasteiger partial charge is 0.289 e. The van der Waals surface area contributed by atoms with Crippen LogP contribution in [0.4, 0.5) is 26.3 Å². The molecule has 1 nitrogen and oxygen atoms in total. The SMILES string of the molecule is O=C1/C(=C/c2ccc(C(F)(F)F)cc2)CCCC/C1=C\c1ccc(C(F)(F)F)cc1. The van der Waals surface area contributed by atoms with E-state index in [4.69, 9.17) is 0 Å². The molecule has 0 spiro atoms. The highest BCUT2D eigenvalue weighted by Gasteiger charge is 2.30. The van der Waals surface area contributed by atoms with Crippen LogP contribution in [0.3, 0.4) is 0 Å². The quantitative estimate of drug-likeness (QED) is 0.280. The van der Waals surface area contributed by atoms with E-state index in [1.807, 2.05) is 0 Å². The molecule has 158 valence electrons. The van der Waals surface area contributed by atoms with Crippen LogP contribution in [0.2, 0.25) is 0 Å². The summed E-state index contributed by atoms with van der Waals surface area (Å²) in [5.41, 5.74) is 0.402. The van der Waals surface area contributed by atoms with Crippen LogP contribution in [-0.2, 0) is 17.1 Å². The van der Waals surface area contributed by atoms with Crippen molar-refractivity contribution in [1.82, 2.24) is 0 Å². The lowest BCUT2D eigenvalue weighted by Crippen LogP contribution is -2.05. The number of carbonyl (C=O) groups is 1. The van der Waals surface area contributed by atoms with Gasteiger partial charge in [0.2, 0.25) is 0 Å². The van der Waals surface area contributed by atoms with Gasteiger partial charge in [0.25, 0.3) is 0 Å². The van der Waals surface area contributed by atoms with E-state index in [0.717, 1.165) is 37.1 Å². The second kappa shape index (κ2) is 8.50. The molecule has 0 atom stereocenters. The zero-order valence-electron chi connectivity index (χ0n) is 15.8. The van der Waals surface area contributed by atoms with Crippen LogP contribution >= 0.6 is 0 Å². The van der Waals surface area contributed by atoms with Gasteiger partial charge in [-0.2, -0.15) is 26.3 Å². The molecule has 2 aromatic rings. The highest BCUT2D eigenvalue weighted by molar-refractivity contribution is 6.13. The van der Waals surface area contributed by atoms with Crippen LogP contribution in [0.1, 0.15) is 47.9 Å². The fourth-order valence-corrected chi connectivity index (χ4v) is 3.28. The van der Waals surface area contributed by atoms with E-state index in [2.05, 4.69) is 0 Å². The Labute approximate surface area is 169 Å². The first-order valence-corrected chi connectivity index (χ1v) is 9.34. The Bertz CT molecular complexity index is 881. The van der Waals surface area contributed by atoms with E-state index < -0.39 is 23.5 Å². The van der Waals surface area contributed by atoms with Gasteiger partial charge < -0.3 is 0 Å². The first-order chi connectivity index (χ1) is 14.0. The van der Waals surface area contributed by atoms with Crippen molar-refractivity contribution in [3.05, 3.63) is 81.9 Å². The van der Waals surface area contributed by atoms with Crippen molar-refractivity contribution in [2.75, 3.05) is 0 Å². The molecule has 0 amide bonds. The predicted molar refractivity (Wildman–Crippen MR) is 102 cm³/mol. The zero-order valence-corrected chi connectivity index (χ0v) is 15.8. The van der Waals surface area contributed by atoms with Crippen molar-refractivity contribution in [3.63, 3.8) is 0 Å². The molecular weight excluding hydrogens is 406 g/mol. The number of ketones is 1. The van der Waals surface area contributed by atoms with Gasteiger partial charge in [-0.15, -0.1) is 0 Å². The Balaban J connectivity index is 1.85. The molecular formula is C23H18F6O. The van der Waals surface area contributed by atoms with Gasteiger partial charge in [-0.3, -0.25) is 4.79 Å². The predicted octanol–water partition coefficient (Wildman–Crippen LogP) is 7.33. The van der Waals surface area contributed by atoms with Crippen LogP contribution in [0.5, 0.6) is 0 Å². The number of benzene rings is 2. The Kier molecular flexibility index (Phi) is 6.19. The lowest BCUT2D eigenvalue weighted by Gasteiger charge is -2.09. The minimum Gasteiger partial charge on any atom is -0.289 e. The van der Waals surface area contributed by atoms with Crippen LogP contribution in [0.15, 0.2) is 59.7 Å². The molecule has 1 saturated carbocycles. The Hall–Kier alpha value is -2.83. The average Bonchev–Trinajstić information content (AvgIpc) is 2.84. The molecule has 0 heterocycles. The van der Waals surface area contributed by atoms with Gasteiger partial charge in [0.05, 0.1) is 11.1 Å². The lowest BCUT2D eigenvalue weighted by molar-refractivity contribution is -0.138. The molecule has 1 aliphatic carbocycles. The molecule has 3 rings (SSSR count). The number of rotatable bonds is 2. The summed E-state index contributed by atoms with van der Waals surface area (Å²) < 4.78 is 76.2. The summed E-state index contributed by atoms with van der Waals surface area (Å²) in [7, 11) is 0. The maximum atomic E-state index is 12.9. The van der Waals surface area contributed by atoms with Crippen molar-refractivity contribution < 1.29 is 31.1 Å². The second-order valence-electron chi connectivity index (χ2n) is 7.11. The summed E-state index contributed by atoms with van der Waals surface area (Å²) in [5.74, 6) is -0.229. The van der Waals surface area contributed by atoms with Gasteiger partial charge >= 0.3 is 12.4 Å². The molecule has 30 heavy (non-hydrogen) atoms. The summed E-state index contributed by atoms with van der Waals surface area (Å²) in [6, 6.07) is 9.11. The van der Waals surface area contributed by atoms with Crippen LogP contribution in [0.25, 0.3) is 12.2 Å². The minimum absolute atomic E-state index is 0.229. The standard InChI is InChI=1S/C23H18F6O/c24-22(25,26)19-9-5-15(6-10-19)13-17-3-1-2-4-18(21(17)30)14-16-7-11-20(12-8-16)23(27,28)29/h5-14H,1-4H2/b17-13+,18-14+. The number of hydrogen-bond donors (Lipinski definition) is 0. The van der Waals surface area contributed by atoms with Gasteiger partial charge in [-0.1, -0.05) is 24.3 Å². The summed E-state index contributed by atoms with van der Waals surface area (Å²) >= 11 is 0. The molecule has 0 aliphatic heterocycles. The lowest BCUT2D eigenvalue weighted by atomic mass is 9.97. The summed E-state index contributed by atoms with van der Waals surface area (Å²) in [5, 5.41) is 0. The fourth-order valence-electron chi connectivity index (χ4n) is 3.28. The van der Waals surface area contributed by atoms with E-state index in [-0.39, 0.29) is 5.78 Å². The Morgan fingerprint density at radius 3 is 1.23 bits per heavy atom. The zero-order chi connectivity index (χ0) is 21.9. The fraction of sp³-hybridized carbons (Fsp3) is 0.261. The van der Waals surface area contributed by atoms with E-state index in [1.165, 1.54) is 24.3 Å². The first-order valence-electron chi connectivity index (χ1n) is 9.34. The summed E-state index contributed by atoms with van der Waals surface area (Å²) in [6.07, 6.45) is -3.24. The number of hydrogen-bond acceptors (Lipinski definition) is 1. The maximum Gasteiger partial charge on any atom is 0.416 e. The van der Waals surface area contributed by atoms with Gasteiger partial charge in [0.1, 0.15) is 0 Å². The van der Waals surface area contributed by atoms with E-state index in [0.29, 0.717) is 35.1 Å². The van der Waals surface area contributed by atoms with Gasteiger partial charge in [-0.05, 0) is 73.2 Å². The van der Waals surface area contributed by atoms with Crippen LogP contribution < -0.4 is 0 Å². The van der Waals surface area contributed by atoms with Crippen LogP contribution in [-0.4, -0.2) is 5.78 Å². The summed E-state index contributed by atoms with van der Waals surface area (Å²) in [6.45, 7) is 0. The topological polar surface area (TPSA) is 17.1 Å². The molecule has 0 saturated heterocycles. The highest BCUT2D eigenvalue weighted by Crippen LogP contribution is 2.32. The largest absolute Gasteiger partial charge is 0.416 e. The van der Waals surface area contributed by atoms with Crippen molar-refractivity contribution >= 4 is 17.9 Å². The minimum atomic E-state index is -4.43. The normalized spacial score (nSPS) is 18.7. The van der Waals surface area contributed by atoms with E-state index >= 15 is 0 Å². The molecule has 1 aliphatic rings. The molecule has 0 bridgehead atoms. The number of carbonyl (C=O) groups excluding carboxylic acids is 1. The number of alkyl halides is 6. The van der Waals surface area contributed by atoms with Crippen molar-refractivity contribution in [2.45, 2.75) is 38.0 Å². The van der Waals surface area contributed by atoms with Crippen molar-refractivity contribution in [2.24, 2.45) is 0 Å². The summed E-state index contributed by atoms with van der Waals surface area (Å²) in [4.78, 5) is 12.9. The van der Waals surface area contributed by atoms with Gasteiger partial charge in [-0.25, -0.2) is 0 Å². The second-order valence-corrected chi connectivity index (χ2v) is 7.11. The molecule has 2 aromatic carbocycles. The number of halogens is 6. The Morgan fingerprint density at radius 1 is 0.600 bits per heavy atom. The molecule has 7 heteroatoms. The third-order valence-electron chi connectivity index (χ3n) is 4.88. The van der Waals surface area contributed by atoms with Crippen molar-refractivity contribution in [1.29, 1.82) is 0 Å². The highest BCUT2D eigenvalue weighted by atomic mass is 19.4.